The Morgan fingerprint density at radius 3 is 2.74 bits per heavy atom. The van der Waals surface area contributed by atoms with Crippen molar-refractivity contribution in [3.05, 3.63) is 63.3 Å². The Balaban J connectivity index is 1.77. The van der Waals surface area contributed by atoms with E-state index in [1.165, 1.54) is 0 Å². The van der Waals surface area contributed by atoms with Gasteiger partial charge < -0.3 is 20.1 Å². The summed E-state index contributed by atoms with van der Waals surface area (Å²) in [7, 11) is 1.62. The molecular weight excluding hydrogens is 566 g/mol. The number of unbranched alkanes of at least 4 members (excludes halogenated alkanes) is 2. The van der Waals surface area contributed by atoms with Crippen molar-refractivity contribution in [2.75, 3.05) is 30.1 Å². The second-order valence-electron chi connectivity index (χ2n) is 9.08. The van der Waals surface area contributed by atoms with Crippen molar-refractivity contribution in [2.24, 2.45) is 0 Å². The van der Waals surface area contributed by atoms with Crippen molar-refractivity contribution in [3.8, 4) is 11.5 Å². The fourth-order valence-corrected chi connectivity index (χ4v) is 5.54. The Labute approximate surface area is 236 Å². The number of nitrogens with zero attached hydrogens (tertiary/aromatic N) is 3. The van der Waals surface area contributed by atoms with E-state index in [9.17, 15) is 4.79 Å². The van der Waals surface area contributed by atoms with Gasteiger partial charge in [0.25, 0.3) is 5.91 Å². The van der Waals surface area contributed by atoms with Gasteiger partial charge in [-0.25, -0.2) is 4.68 Å². The molecule has 8 nitrogen and oxygen atoms in total. The van der Waals surface area contributed by atoms with Crippen LogP contribution in [0.25, 0.3) is 0 Å². The lowest BCUT2D eigenvalue weighted by Crippen LogP contribution is -2.31. The number of benzene rings is 2. The molecule has 1 aliphatic rings. The first-order chi connectivity index (χ1) is 18.4. The number of ether oxygens (including phenoxy) is 2. The number of rotatable bonds is 11. The van der Waals surface area contributed by atoms with Gasteiger partial charge in [-0.15, -0.1) is 5.10 Å². The summed E-state index contributed by atoms with van der Waals surface area (Å²) >= 11 is 5.24. The third-order valence-corrected chi connectivity index (χ3v) is 7.50. The predicted molar refractivity (Wildman–Crippen MR) is 156 cm³/mol. The first kappa shape index (κ1) is 28.0. The molecule has 3 aromatic rings. The highest BCUT2D eigenvalue weighted by Gasteiger charge is 2.35. The van der Waals surface area contributed by atoms with Gasteiger partial charge in [-0.2, -0.15) is 4.98 Å². The minimum atomic E-state index is -0.533. The van der Waals surface area contributed by atoms with Gasteiger partial charge in [0, 0.05) is 11.4 Å². The number of hydrogen-bond donors (Lipinski definition) is 2. The van der Waals surface area contributed by atoms with Crippen LogP contribution in [-0.4, -0.2) is 40.1 Å². The molecule has 0 saturated heterocycles. The van der Waals surface area contributed by atoms with E-state index in [0.717, 1.165) is 46.3 Å². The van der Waals surface area contributed by atoms with Crippen LogP contribution in [0.1, 0.15) is 57.2 Å². The zero-order valence-corrected chi connectivity index (χ0v) is 24.8. The minimum Gasteiger partial charge on any atom is -0.493 e. The molecule has 2 aromatic carbocycles. The number of nitrogens with one attached hydrogen (secondary N) is 2. The standard InChI is InChI=1S/C28H34BrN5O3S/c1-6-8-9-13-37-25-21(29)15-19(16-22(25)36-5)24-23(26(35)31-20-12-10-11-17(3)14-20)18(4)30-27-32-28(38-7-2)33-34(24)27/h10-12,14-16,24H,6-9,13H2,1-5H3,(H,31,35)(H,30,32,33). The van der Waals surface area contributed by atoms with E-state index >= 15 is 0 Å². The molecule has 2 heterocycles. The van der Waals surface area contributed by atoms with Crippen LogP contribution in [0, 0.1) is 6.92 Å². The molecule has 0 fully saturated rings. The van der Waals surface area contributed by atoms with Crippen molar-refractivity contribution < 1.29 is 14.3 Å². The van der Waals surface area contributed by atoms with Crippen molar-refractivity contribution in [1.82, 2.24) is 14.8 Å². The lowest BCUT2D eigenvalue weighted by atomic mass is 9.94. The number of halogens is 1. The Hall–Kier alpha value is -2.98. The number of allylic oxidation sites excluding steroid dienone is 1. The van der Waals surface area contributed by atoms with Gasteiger partial charge in [-0.05, 0) is 77.3 Å². The van der Waals surface area contributed by atoms with Gasteiger partial charge in [0.05, 0.1) is 23.8 Å². The highest BCUT2D eigenvalue weighted by molar-refractivity contribution is 9.10. The molecule has 0 spiro atoms. The third-order valence-electron chi connectivity index (χ3n) is 6.19. The van der Waals surface area contributed by atoms with Gasteiger partial charge in [-0.1, -0.05) is 50.6 Å². The molecule has 1 amide bonds. The monoisotopic (exact) mass is 599 g/mol. The molecule has 202 valence electrons. The number of hydrogen-bond acceptors (Lipinski definition) is 7. The molecule has 1 unspecified atom stereocenters. The number of amides is 1. The van der Waals surface area contributed by atoms with E-state index < -0.39 is 6.04 Å². The van der Waals surface area contributed by atoms with Crippen LogP contribution < -0.4 is 20.1 Å². The predicted octanol–water partition coefficient (Wildman–Crippen LogP) is 6.97. The quantitative estimate of drug-likeness (QED) is 0.182. The maximum Gasteiger partial charge on any atom is 0.255 e. The van der Waals surface area contributed by atoms with E-state index in [2.05, 4.69) is 45.4 Å². The van der Waals surface area contributed by atoms with Crippen LogP contribution in [0.15, 0.2) is 57.3 Å². The van der Waals surface area contributed by atoms with Crippen LogP contribution in [-0.2, 0) is 4.79 Å². The average Bonchev–Trinajstić information content (AvgIpc) is 3.28. The Kier molecular flexibility index (Phi) is 9.38. The van der Waals surface area contributed by atoms with Gasteiger partial charge >= 0.3 is 0 Å². The van der Waals surface area contributed by atoms with Gasteiger partial charge in [0.1, 0.15) is 6.04 Å². The normalized spacial score (nSPS) is 14.6. The van der Waals surface area contributed by atoms with E-state index in [0.29, 0.717) is 40.5 Å². The number of thioether (sulfide) groups is 1. The van der Waals surface area contributed by atoms with Gasteiger partial charge in [-0.3, -0.25) is 4.79 Å². The largest absolute Gasteiger partial charge is 0.493 e. The van der Waals surface area contributed by atoms with Crippen LogP contribution in [0.5, 0.6) is 11.5 Å². The van der Waals surface area contributed by atoms with Crippen LogP contribution in [0.3, 0.4) is 0 Å². The zero-order chi connectivity index (χ0) is 27.2. The van der Waals surface area contributed by atoms with Crippen LogP contribution >= 0.6 is 27.7 Å². The van der Waals surface area contributed by atoms with Crippen LogP contribution in [0.4, 0.5) is 11.6 Å². The molecule has 10 heteroatoms. The Morgan fingerprint density at radius 1 is 1.21 bits per heavy atom. The maximum absolute atomic E-state index is 13.8. The molecular formula is C28H34BrN5O3S. The summed E-state index contributed by atoms with van der Waals surface area (Å²) < 4.78 is 14.4. The molecule has 4 rings (SSSR count). The smallest absolute Gasteiger partial charge is 0.255 e. The summed E-state index contributed by atoms with van der Waals surface area (Å²) in [6.07, 6.45) is 3.19. The number of carbonyl (C=O) groups excluding carboxylic acids is 1. The maximum atomic E-state index is 13.8. The summed E-state index contributed by atoms with van der Waals surface area (Å²) in [6.45, 7) is 8.70. The summed E-state index contributed by atoms with van der Waals surface area (Å²) in [6, 6.07) is 11.1. The molecule has 0 radical (unpaired) electrons. The number of anilines is 2. The minimum absolute atomic E-state index is 0.216. The zero-order valence-electron chi connectivity index (χ0n) is 22.4. The van der Waals surface area contributed by atoms with Crippen molar-refractivity contribution in [2.45, 2.75) is 58.2 Å². The lowest BCUT2D eigenvalue weighted by molar-refractivity contribution is -0.113. The van der Waals surface area contributed by atoms with E-state index in [-0.39, 0.29) is 5.91 Å². The highest BCUT2D eigenvalue weighted by Crippen LogP contribution is 2.43. The highest BCUT2D eigenvalue weighted by atomic mass is 79.9. The summed E-state index contributed by atoms with van der Waals surface area (Å²) in [5.41, 5.74) is 3.87. The van der Waals surface area contributed by atoms with Gasteiger partial charge in [0.15, 0.2) is 11.5 Å². The molecule has 0 aliphatic carbocycles. The first-order valence-electron chi connectivity index (χ1n) is 12.8. The number of aromatic nitrogens is 3. The van der Waals surface area contributed by atoms with E-state index in [1.54, 1.807) is 23.6 Å². The molecule has 0 bridgehead atoms. The molecule has 38 heavy (non-hydrogen) atoms. The van der Waals surface area contributed by atoms with Crippen molar-refractivity contribution in [1.29, 1.82) is 0 Å². The van der Waals surface area contributed by atoms with E-state index in [4.69, 9.17) is 14.6 Å². The van der Waals surface area contributed by atoms with E-state index in [1.807, 2.05) is 50.2 Å². The number of fused-ring (bicyclic) bond motifs is 1. The average molecular weight is 601 g/mol. The SMILES string of the molecule is CCCCCOc1c(Br)cc(C2C(C(=O)Nc3cccc(C)c3)=C(C)Nc3nc(SCC)nn32)cc1OC. The number of methoxy groups -OCH3 is 1. The number of aryl methyl sites for hydroxylation is 1. The Morgan fingerprint density at radius 2 is 2.03 bits per heavy atom. The fraction of sp³-hybridized carbons (Fsp3) is 0.393. The molecule has 1 aliphatic heterocycles. The van der Waals surface area contributed by atoms with Gasteiger partial charge in [0.2, 0.25) is 11.1 Å². The molecule has 2 N–H and O–H groups in total. The molecule has 0 saturated carbocycles. The third kappa shape index (κ3) is 6.18. The topological polar surface area (TPSA) is 90.3 Å². The first-order valence-corrected chi connectivity index (χ1v) is 14.6. The van der Waals surface area contributed by atoms with Crippen molar-refractivity contribution in [3.63, 3.8) is 0 Å². The summed E-state index contributed by atoms with van der Waals surface area (Å²) in [5.74, 6) is 2.45. The fourth-order valence-electron chi connectivity index (χ4n) is 4.41. The van der Waals surface area contributed by atoms with Crippen LogP contribution in [0.2, 0.25) is 0 Å². The number of carbonyl (C=O) groups is 1. The summed E-state index contributed by atoms with van der Waals surface area (Å²) in [4.78, 5) is 18.4. The van der Waals surface area contributed by atoms with Crippen molar-refractivity contribution >= 4 is 45.2 Å². The summed E-state index contributed by atoms with van der Waals surface area (Å²) in [5, 5.41) is 11.8. The lowest BCUT2D eigenvalue weighted by Gasteiger charge is -2.29. The molecule has 1 aromatic heterocycles. The Bertz CT molecular complexity index is 1340. The molecule has 1 atom stereocenters. The second-order valence-corrected chi connectivity index (χ2v) is 11.2. The second kappa shape index (κ2) is 12.7.